The van der Waals surface area contributed by atoms with Crippen molar-refractivity contribution >= 4 is 39.5 Å². The molecule has 170 valence electrons. The Hall–Kier alpha value is -3.40. The molecule has 9 nitrogen and oxygen atoms in total. The van der Waals surface area contributed by atoms with E-state index in [-0.39, 0.29) is 10.5 Å². The topological polar surface area (TPSA) is 127 Å². The van der Waals surface area contributed by atoms with Crippen molar-refractivity contribution in [2.24, 2.45) is 4.99 Å². The number of aliphatic imine (C=N–C) groups is 1. The molecule has 1 amide bonds. The lowest BCUT2D eigenvalue weighted by atomic mass is 10.2. The molecule has 0 fully saturated rings. The smallest absolute Gasteiger partial charge is 0.341 e. The molecule has 3 rings (SSSR count). The lowest BCUT2D eigenvalue weighted by Gasteiger charge is -2.11. The van der Waals surface area contributed by atoms with Crippen LogP contribution in [-0.2, 0) is 19.6 Å². The lowest BCUT2D eigenvalue weighted by Crippen LogP contribution is -2.30. The predicted octanol–water partition coefficient (Wildman–Crippen LogP) is 3.28. The van der Waals surface area contributed by atoms with Gasteiger partial charge in [-0.05, 0) is 50.1 Å². The normalized spacial score (nSPS) is 14.5. The van der Waals surface area contributed by atoms with Crippen LogP contribution in [0.15, 0.2) is 50.7 Å². The highest BCUT2D eigenvalue weighted by atomic mass is 32.2. The summed E-state index contributed by atoms with van der Waals surface area (Å²) in [4.78, 5) is 28.2. The minimum Gasteiger partial charge on any atom is -0.465 e. The number of aryl methyl sites for hydroxylation is 1. The van der Waals surface area contributed by atoms with Gasteiger partial charge < -0.3 is 14.5 Å². The van der Waals surface area contributed by atoms with Crippen LogP contribution < -0.4 is 10.0 Å². The van der Waals surface area contributed by atoms with Crippen molar-refractivity contribution in [3.63, 3.8) is 0 Å². The molecule has 2 aromatic rings. The number of nitrogens with zero attached hydrogens (tertiary/aromatic N) is 1. The summed E-state index contributed by atoms with van der Waals surface area (Å²) in [5.41, 5.74) is 0.590. The fourth-order valence-electron chi connectivity index (χ4n) is 3.15. The van der Waals surface area contributed by atoms with Crippen LogP contribution in [0.1, 0.15) is 47.6 Å². The molecule has 0 unspecified atom stereocenters. The van der Waals surface area contributed by atoms with Crippen LogP contribution in [0.3, 0.4) is 0 Å². The maximum atomic E-state index is 12.7. The van der Waals surface area contributed by atoms with Gasteiger partial charge >= 0.3 is 5.97 Å². The van der Waals surface area contributed by atoms with Gasteiger partial charge in [-0.2, -0.15) is 0 Å². The first-order chi connectivity index (χ1) is 15.3. The molecular formula is C22H25N3O6S. The summed E-state index contributed by atoms with van der Waals surface area (Å²) in [6.45, 7) is 2.22. The van der Waals surface area contributed by atoms with Gasteiger partial charge in [-0.3, -0.25) is 14.5 Å². The second kappa shape index (κ2) is 10.3. The minimum atomic E-state index is -3.81. The third-order valence-electron chi connectivity index (χ3n) is 4.78. The molecule has 32 heavy (non-hydrogen) atoms. The molecule has 0 aliphatic carbocycles. The molecule has 2 heterocycles. The van der Waals surface area contributed by atoms with Gasteiger partial charge in [-0.25, -0.2) is 13.2 Å². The van der Waals surface area contributed by atoms with Gasteiger partial charge in [-0.1, -0.05) is 12.5 Å². The fourth-order valence-corrected chi connectivity index (χ4v) is 4.29. The molecule has 1 aliphatic rings. The molecular weight excluding hydrogens is 434 g/mol. The van der Waals surface area contributed by atoms with Crippen LogP contribution in [0.5, 0.6) is 0 Å². The van der Waals surface area contributed by atoms with Crippen LogP contribution >= 0.6 is 0 Å². The minimum absolute atomic E-state index is 0.0237. The number of furan rings is 1. The number of carbonyl (C=O) groups excluding carboxylic acids is 2. The summed E-state index contributed by atoms with van der Waals surface area (Å²) in [6.07, 6.45) is 6.07. The summed E-state index contributed by atoms with van der Waals surface area (Å²) >= 11 is 0. The average Bonchev–Trinajstić information content (AvgIpc) is 2.95. The molecule has 0 bridgehead atoms. The first-order valence-corrected chi connectivity index (χ1v) is 11.6. The Labute approximate surface area is 186 Å². The first-order valence-electron chi connectivity index (χ1n) is 10.1. The highest BCUT2D eigenvalue weighted by Crippen LogP contribution is 2.18. The summed E-state index contributed by atoms with van der Waals surface area (Å²) in [5, 5.41) is 2.61. The Kier molecular flexibility index (Phi) is 7.47. The molecule has 0 atom stereocenters. The van der Waals surface area contributed by atoms with E-state index in [2.05, 4.69) is 19.8 Å². The quantitative estimate of drug-likeness (QED) is 0.504. The van der Waals surface area contributed by atoms with Crippen molar-refractivity contribution in [1.29, 1.82) is 0 Å². The van der Waals surface area contributed by atoms with E-state index in [1.807, 2.05) is 0 Å². The van der Waals surface area contributed by atoms with Crippen LogP contribution in [0.4, 0.5) is 5.69 Å². The van der Waals surface area contributed by atoms with E-state index in [1.54, 1.807) is 19.1 Å². The number of ether oxygens (including phenoxy) is 1. The molecule has 1 aromatic heterocycles. The Bertz CT molecular complexity index is 1160. The maximum absolute atomic E-state index is 12.7. The van der Waals surface area contributed by atoms with Crippen molar-refractivity contribution in [1.82, 2.24) is 4.72 Å². The zero-order valence-electron chi connectivity index (χ0n) is 17.9. The van der Waals surface area contributed by atoms with Gasteiger partial charge in [-0.15, -0.1) is 0 Å². The Morgan fingerprint density at radius 2 is 2.00 bits per heavy atom. The van der Waals surface area contributed by atoms with E-state index >= 15 is 0 Å². The third kappa shape index (κ3) is 6.07. The average molecular weight is 460 g/mol. The monoisotopic (exact) mass is 459 g/mol. The van der Waals surface area contributed by atoms with E-state index in [4.69, 9.17) is 4.42 Å². The van der Waals surface area contributed by atoms with Crippen molar-refractivity contribution < 1.29 is 27.2 Å². The van der Waals surface area contributed by atoms with E-state index in [0.717, 1.165) is 19.3 Å². The summed E-state index contributed by atoms with van der Waals surface area (Å²) in [6, 6.07) is 7.42. The van der Waals surface area contributed by atoms with Crippen molar-refractivity contribution in [3.8, 4) is 0 Å². The number of amides is 1. The van der Waals surface area contributed by atoms with E-state index in [0.29, 0.717) is 36.0 Å². The number of esters is 1. The Morgan fingerprint density at radius 1 is 1.19 bits per heavy atom. The zero-order chi connectivity index (χ0) is 23.1. The Balaban J connectivity index is 1.67. The van der Waals surface area contributed by atoms with Crippen LogP contribution in [0.2, 0.25) is 0 Å². The number of methoxy groups -OCH3 is 1. The zero-order valence-corrected chi connectivity index (χ0v) is 18.7. The van der Waals surface area contributed by atoms with Crippen LogP contribution in [-0.4, -0.2) is 39.8 Å². The molecule has 1 aliphatic heterocycles. The summed E-state index contributed by atoms with van der Waals surface area (Å²) in [5.74, 6) is 0.120. The second-order valence-corrected chi connectivity index (χ2v) is 8.89. The van der Waals surface area contributed by atoms with E-state index < -0.39 is 21.9 Å². The van der Waals surface area contributed by atoms with Gasteiger partial charge in [0.1, 0.15) is 22.9 Å². The second-order valence-electron chi connectivity index (χ2n) is 7.21. The molecule has 1 aromatic carbocycles. The summed E-state index contributed by atoms with van der Waals surface area (Å²) < 4.78 is 38.0. The summed E-state index contributed by atoms with van der Waals surface area (Å²) in [7, 11) is -2.54. The van der Waals surface area contributed by atoms with Gasteiger partial charge in [0.15, 0.2) is 0 Å². The molecule has 10 heteroatoms. The number of nitrogens with one attached hydrogen (secondary N) is 2. The van der Waals surface area contributed by atoms with Crippen LogP contribution in [0, 0.1) is 6.92 Å². The van der Waals surface area contributed by atoms with E-state index in [9.17, 15) is 18.0 Å². The number of hydrogen-bond donors (Lipinski definition) is 2. The molecule has 0 saturated heterocycles. The number of benzene rings is 1. The van der Waals surface area contributed by atoms with Gasteiger partial charge in [0.05, 0.1) is 12.0 Å². The standard InChI is InChI=1S/C22H25N3O6S/c1-15-19(22(27)30-2)14-17(31-15)10-11-21(26)24-16-7-6-8-18(13-16)32(28,29)25-20-9-4-3-5-12-23-20/h6-8,10-11,13-14H,3-5,9,12H2,1-2H3,(H,23,25)(H,24,26)/b11-10+. The third-order valence-corrected chi connectivity index (χ3v) is 6.16. The number of amidine groups is 1. The van der Waals surface area contributed by atoms with Crippen molar-refractivity contribution in [3.05, 3.63) is 53.5 Å². The number of anilines is 1. The number of sulfonamides is 1. The van der Waals surface area contributed by atoms with Crippen LogP contribution in [0.25, 0.3) is 6.08 Å². The molecule has 2 N–H and O–H groups in total. The fraction of sp³-hybridized carbons (Fsp3) is 0.318. The number of carbonyl (C=O) groups is 2. The number of hydrogen-bond acceptors (Lipinski definition) is 7. The van der Waals surface area contributed by atoms with Crippen molar-refractivity contribution in [2.45, 2.75) is 37.5 Å². The highest BCUT2D eigenvalue weighted by Gasteiger charge is 2.18. The SMILES string of the molecule is COC(=O)c1cc(/C=C/C(=O)Nc2cccc(S(=O)(=O)NC3=NCCCCC3)c2)oc1C. The van der Waals surface area contributed by atoms with Gasteiger partial charge in [0.2, 0.25) is 5.91 Å². The molecule has 0 spiro atoms. The number of rotatable bonds is 6. The van der Waals surface area contributed by atoms with Gasteiger partial charge in [0.25, 0.3) is 10.0 Å². The molecule has 0 saturated carbocycles. The predicted molar refractivity (Wildman–Crippen MR) is 120 cm³/mol. The molecule has 0 radical (unpaired) electrons. The van der Waals surface area contributed by atoms with E-state index in [1.165, 1.54) is 37.5 Å². The highest BCUT2D eigenvalue weighted by molar-refractivity contribution is 7.90. The lowest BCUT2D eigenvalue weighted by molar-refractivity contribution is -0.111. The first kappa shape index (κ1) is 23.3. The largest absolute Gasteiger partial charge is 0.465 e. The Morgan fingerprint density at radius 3 is 2.78 bits per heavy atom. The maximum Gasteiger partial charge on any atom is 0.341 e. The van der Waals surface area contributed by atoms with Gasteiger partial charge in [0, 0.05) is 24.7 Å². The van der Waals surface area contributed by atoms with Crippen molar-refractivity contribution in [2.75, 3.05) is 19.0 Å².